The summed E-state index contributed by atoms with van der Waals surface area (Å²) in [5, 5.41) is 6.62. The van der Waals surface area contributed by atoms with Crippen LogP contribution in [0.4, 0.5) is 17.5 Å². The van der Waals surface area contributed by atoms with Crippen molar-refractivity contribution in [2.45, 2.75) is 20.4 Å². The lowest BCUT2D eigenvalue weighted by atomic mass is 10.2. The van der Waals surface area contributed by atoms with E-state index in [0.29, 0.717) is 5.95 Å². The van der Waals surface area contributed by atoms with Gasteiger partial charge in [-0.2, -0.15) is 4.98 Å². The highest BCUT2D eigenvalue weighted by Gasteiger charge is 2.04. The summed E-state index contributed by atoms with van der Waals surface area (Å²) in [5.41, 5.74) is 4.26. The Morgan fingerprint density at radius 2 is 1.75 bits per heavy atom. The van der Waals surface area contributed by atoms with E-state index in [9.17, 15) is 0 Å². The number of nitrogens with one attached hydrogen (secondary N) is 2. The van der Waals surface area contributed by atoms with E-state index in [1.54, 1.807) is 0 Å². The molecule has 0 amide bonds. The molecule has 0 spiro atoms. The molecule has 0 aliphatic carbocycles. The number of aromatic nitrogens is 2. The fourth-order valence-electron chi connectivity index (χ4n) is 2.36. The predicted octanol–water partition coefficient (Wildman–Crippen LogP) is 5.21. The maximum atomic E-state index is 4.55. The zero-order valence-electron chi connectivity index (χ0n) is 13.7. The molecule has 0 saturated carbocycles. The molecule has 0 radical (unpaired) electrons. The molecule has 4 nitrogen and oxygen atoms in total. The van der Waals surface area contributed by atoms with Gasteiger partial charge in [0.2, 0.25) is 5.95 Å². The summed E-state index contributed by atoms with van der Waals surface area (Å²) in [6, 6.07) is 18.3. The molecule has 122 valence electrons. The first kappa shape index (κ1) is 16.5. The third kappa shape index (κ3) is 4.32. The van der Waals surface area contributed by atoms with E-state index in [2.05, 4.69) is 61.7 Å². The van der Waals surface area contributed by atoms with E-state index in [1.807, 2.05) is 43.3 Å². The molecule has 0 saturated heterocycles. The molecular formula is C19H19BrN4. The van der Waals surface area contributed by atoms with Crippen LogP contribution in [0.3, 0.4) is 0 Å². The van der Waals surface area contributed by atoms with E-state index >= 15 is 0 Å². The van der Waals surface area contributed by atoms with Gasteiger partial charge in [-0.25, -0.2) is 4.98 Å². The topological polar surface area (TPSA) is 49.8 Å². The molecule has 2 aromatic carbocycles. The van der Waals surface area contributed by atoms with Gasteiger partial charge in [0.15, 0.2) is 0 Å². The molecule has 0 bridgehead atoms. The number of hydrogen-bond acceptors (Lipinski definition) is 4. The smallest absolute Gasteiger partial charge is 0.229 e. The number of halogens is 1. The Hall–Kier alpha value is -2.40. The van der Waals surface area contributed by atoms with E-state index < -0.39 is 0 Å². The maximum absolute atomic E-state index is 4.55. The second kappa shape index (κ2) is 7.45. The lowest BCUT2D eigenvalue weighted by molar-refractivity contribution is 1.06. The average molecular weight is 383 g/mol. The lowest BCUT2D eigenvalue weighted by Crippen LogP contribution is -2.05. The van der Waals surface area contributed by atoms with Gasteiger partial charge in [-0.15, -0.1) is 0 Å². The first-order valence-electron chi connectivity index (χ1n) is 7.77. The van der Waals surface area contributed by atoms with Gasteiger partial charge < -0.3 is 10.6 Å². The number of aryl methyl sites for hydroxylation is 2. The van der Waals surface area contributed by atoms with Crippen LogP contribution in [0.25, 0.3) is 0 Å². The molecule has 0 unspecified atom stereocenters. The van der Waals surface area contributed by atoms with Crippen molar-refractivity contribution in [2.24, 2.45) is 0 Å². The second-order valence-corrected chi connectivity index (χ2v) is 6.50. The van der Waals surface area contributed by atoms with Crippen molar-refractivity contribution < 1.29 is 0 Å². The zero-order valence-corrected chi connectivity index (χ0v) is 15.3. The van der Waals surface area contributed by atoms with Gasteiger partial charge >= 0.3 is 0 Å². The van der Waals surface area contributed by atoms with Gasteiger partial charge in [-0.05, 0) is 43.2 Å². The molecule has 3 aromatic rings. The van der Waals surface area contributed by atoms with Gasteiger partial charge in [-0.1, -0.05) is 46.3 Å². The second-order valence-electron chi connectivity index (χ2n) is 5.65. The fraction of sp³-hybridized carbons (Fsp3) is 0.158. The van der Waals surface area contributed by atoms with Crippen LogP contribution in [0.1, 0.15) is 16.8 Å². The Morgan fingerprint density at radius 1 is 0.958 bits per heavy atom. The summed E-state index contributed by atoms with van der Waals surface area (Å²) in [6.07, 6.45) is 0. The first-order chi connectivity index (χ1) is 11.6. The quantitative estimate of drug-likeness (QED) is 0.635. The summed E-state index contributed by atoms with van der Waals surface area (Å²) >= 11 is 3.51. The molecule has 0 fully saturated rings. The minimum Gasteiger partial charge on any atom is -0.366 e. The van der Waals surface area contributed by atoms with Crippen molar-refractivity contribution in [3.8, 4) is 0 Å². The zero-order chi connectivity index (χ0) is 16.9. The van der Waals surface area contributed by atoms with Crippen LogP contribution >= 0.6 is 15.9 Å². The SMILES string of the molecule is Cc1cc(NCc2ccccc2)nc(Nc2ccc(Br)c(C)c2)n1. The molecule has 5 heteroatoms. The summed E-state index contributed by atoms with van der Waals surface area (Å²) in [5.74, 6) is 1.40. The van der Waals surface area contributed by atoms with Gasteiger partial charge in [0, 0.05) is 28.5 Å². The number of nitrogens with zero attached hydrogens (tertiary/aromatic N) is 2. The van der Waals surface area contributed by atoms with Crippen molar-refractivity contribution in [1.29, 1.82) is 0 Å². The van der Waals surface area contributed by atoms with Crippen molar-refractivity contribution in [3.63, 3.8) is 0 Å². The standard InChI is InChI=1S/C19H19BrN4/c1-13-10-16(8-9-17(13)20)23-19-22-14(2)11-18(24-19)21-12-15-6-4-3-5-7-15/h3-11H,12H2,1-2H3,(H2,21,22,23,24). The number of anilines is 3. The Kier molecular flexibility index (Phi) is 5.11. The minimum absolute atomic E-state index is 0.590. The number of benzene rings is 2. The van der Waals surface area contributed by atoms with Crippen molar-refractivity contribution in [2.75, 3.05) is 10.6 Å². The molecule has 0 atom stereocenters. The van der Waals surface area contributed by atoms with E-state index in [-0.39, 0.29) is 0 Å². The summed E-state index contributed by atoms with van der Waals surface area (Å²) in [7, 11) is 0. The summed E-state index contributed by atoms with van der Waals surface area (Å²) in [4.78, 5) is 9.01. The van der Waals surface area contributed by atoms with Crippen LogP contribution in [-0.4, -0.2) is 9.97 Å². The van der Waals surface area contributed by atoms with Gasteiger partial charge in [-0.3, -0.25) is 0 Å². The fourth-order valence-corrected chi connectivity index (χ4v) is 2.60. The molecule has 3 rings (SSSR count). The summed E-state index contributed by atoms with van der Waals surface area (Å²) in [6.45, 7) is 4.75. The number of rotatable bonds is 5. The van der Waals surface area contributed by atoms with Gasteiger partial charge in [0.1, 0.15) is 5.82 Å². The molecule has 2 N–H and O–H groups in total. The maximum Gasteiger partial charge on any atom is 0.229 e. The highest BCUT2D eigenvalue weighted by atomic mass is 79.9. The van der Waals surface area contributed by atoms with E-state index in [0.717, 1.165) is 33.8 Å². The summed E-state index contributed by atoms with van der Waals surface area (Å²) < 4.78 is 1.09. The Bertz CT molecular complexity index is 834. The third-order valence-electron chi connectivity index (χ3n) is 3.58. The Morgan fingerprint density at radius 3 is 2.50 bits per heavy atom. The van der Waals surface area contributed by atoms with Crippen LogP contribution in [0.2, 0.25) is 0 Å². The molecular weight excluding hydrogens is 364 g/mol. The Balaban J connectivity index is 1.74. The highest BCUT2D eigenvalue weighted by molar-refractivity contribution is 9.10. The molecule has 0 aliphatic heterocycles. The normalized spacial score (nSPS) is 10.5. The molecule has 1 heterocycles. The van der Waals surface area contributed by atoms with Crippen molar-refractivity contribution >= 4 is 33.4 Å². The monoisotopic (exact) mass is 382 g/mol. The van der Waals surface area contributed by atoms with Crippen LogP contribution in [0.5, 0.6) is 0 Å². The third-order valence-corrected chi connectivity index (χ3v) is 4.47. The van der Waals surface area contributed by atoms with Crippen molar-refractivity contribution in [1.82, 2.24) is 9.97 Å². The highest BCUT2D eigenvalue weighted by Crippen LogP contribution is 2.22. The molecule has 24 heavy (non-hydrogen) atoms. The lowest BCUT2D eigenvalue weighted by Gasteiger charge is -2.11. The van der Waals surface area contributed by atoms with E-state index in [4.69, 9.17) is 0 Å². The van der Waals surface area contributed by atoms with Crippen LogP contribution < -0.4 is 10.6 Å². The Labute approximate surface area is 150 Å². The van der Waals surface area contributed by atoms with Gasteiger partial charge in [0.05, 0.1) is 0 Å². The van der Waals surface area contributed by atoms with E-state index in [1.165, 1.54) is 5.56 Å². The average Bonchev–Trinajstić information content (AvgIpc) is 2.57. The van der Waals surface area contributed by atoms with Crippen LogP contribution in [0.15, 0.2) is 59.1 Å². The predicted molar refractivity (Wildman–Crippen MR) is 103 cm³/mol. The molecule has 0 aliphatic rings. The largest absolute Gasteiger partial charge is 0.366 e. The minimum atomic E-state index is 0.590. The number of hydrogen-bond donors (Lipinski definition) is 2. The van der Waals surface area contributed by atoms with Crippen LogP contribution in [0, 0.1) is 13.8 Å². The van der Waals surface area contributed by atoms with Crippen molar-refractivity contribution in [3.05, 3.63) is 75.9 Å². The molecule has 1 aromatic heterocycles. The van der Waals surface area contributed by atoms with Crippen LogP contribution in [-0.2, 0) is 6.54 Å². The first-order valence-corrected chi connectivity index (χ1v) is 8.56. The van der Waals surface area contributed by atoms with Gasteiger partial charge in [0.25, 0.3) is 0 Å².